The normalized spacial score (nSPS) is 16.8. The fraction of sp³-hybridized carbons (Fsp3) is 0.353. The predicted molar refractivity (Wildman–Crippen MR) is 88.0 cm³/mol. The van der Waals surface area contributed by atoms with E-state index < -0.39 is 0 Å². The monoisotopic (exact) mass is 329 g/mol. The topological polar surface area (TPSA) is 93.5 Å². The molecule has 1 fully saturated rings. The van der Waals surface area contributed by atoms with Crippen molar-refractivity contribution in [2.75, 3.05) is 17.2 Å². The van der Waals surface area contributed by atoms with Crippen LogP contribution in [0.15, 0.2) is 28.8 Å². The number of nitrogens with zero attached hydrogens (tertiary/aromatic N) is 1. The summed E-state index contributed by atoms with van der Waals surface area (Å²) in [5.41, 5.74) is 2.26. The minimum absolute atomic E-state index is 0.139. The van der Waals surface area contributed by atoms with E-state index in [-0.39, 0.29) is 17.9 Å². The van der Waals surface area contributed by atoms with Crippen LogP contribution < -0.4 is 10.6 Å². The maximum atomic E-state index is 12.3. The quantitative estimate of drug-likeness (QED) is 0.899. The molecule has 7 heteroatoms. The molecule has 126 valence electrons. The number of ether oxygens (including phenoxy) is 1. The Morgan fingerprint density at radius 2 is 1.79 bits per heavy atom. The van der Waals surface area contributed by atoms with Crippen LogP contribution in [0.5, 0.6) is 0 Å². The molecule has 0 aliphatic carbocycles. The summed E-state index contributed by atoms with van der Waals surface area (Å²) in [6, 6.07) is 6.91. The largest absolute Gasteiger partial charge is 0.368 e. The lowest BCUT2D eigenvalue weighted by Crippen LogP contribution is -2.26. The second kappa shape index (κ2) is 6.84. The van der Waals surface area contributed by atoms with Crippen molar-refractivity contribution in [3.63, 3.8) is 0 Å². The van der Waals surface area contributed by atoms with Gasteiger partial charge < -0.3 is 19.9 Å². The minimum Gasteiger partial charge on any atom is -0.368 e. The summed E-state index contributed by atoms with van der Waals surface area (Å²) in [6.45, 7) is 4.04. The highest BCUT2D eigenvalue weighted by Crippen LogP contribution is 2.19. The van der Waals surface area contributed by atoms with Gasteiger partial charge in [0.05, 0.1) is 5.69 Å². The Bertz CT molecular complexity index is 726. The number of carbonyl (C=O) groups is 2. The Morgan fingerprint density at radius 3 is 2.33 bits per heavy atom. The third kappa shape index (κ3) is 3.46. The van der Waals surface area contributed by atoms with E-state index >= 15 is 0 Å². The number of carbonyl (C=O) groups excluding carboxylic acids is 2. The van der Waals surface area contributed by atoms with Crippen molar-refractivity contribution in [2.45, 2.75) is 32.8 Å². The number of aromatic nitrogens is 1. The van der Waals surface area contributed by atoms with Crippen LogP contribution >= 0.6 is 0 Å². The van der Waals surface area contributed by atoms with Crippen molar-refractivity contribution in [3.05, 3.63) is 41.3 Å². The number of hydrogen-bond acceptors (Lipinski definition) is 5. The maximum Gasteiger partial charge on any atom is 0.261 e. The molecule has 1 unspecified atom stereocenters. The molecule has 1 aliphatic heterocycles. The number of hydrogen-bond donors (Lipinski definition) is 2. The summed E-state index contributed by atoms with van der Waals surface area (Å²) >= 11 is 0. The van der Waals surface area contributed by atoms with Gasteiger partial charge in [-0.3, -0.25) is 9.59 Å². The fourth-order valence-electron chi connectivity index (χ4n) is 2.64. The molecule has 2 N–H and O–H groups in total. The third-order valence-corrected chi connectivity index (χ3v) is 3.89. The summed E-state index contributed by atoms with van der Waals surface area (Å²) in [6.07, 6.45) is 1.28. The Kier molecular flexibility index (Phi) is 4.61. The first-order valence-corrected chi connectivity index (χ1v) is 7.81. The summed E-state index contributed by atoms with van der Waals surface area (Å²) in [5.74, 6) is 0.0628. The molecule has 0 bridgehead atoms. The van der Waals surface area contributed by atoms with Crippen molar-refractivity contribution in [1.82, 2.24) is 5.16 Å². The van der Waals surface area contributed by atoms with E-state index in [1.165, 1.54) is 0 Å². The fourth-order valence-corrected chi connectivity index (χ4v) is 2.64. The number of amides is 2. The number of anilines is 2. The van der Waals surface area contributed by atoms with Gasteiger partial charge in [-0.2, -0.15) is 0 Å². The van der Waals surface area contributed by atoms with Crippen LogP contribution in [-0.2, 0) is 9.53 Å². The molecule has 0 saturated carbocycles. The first kappa shape index (κ1) is 16.2. The van der Waals surface area contributed by atoms with Crippen LogP contribution in [0.1, 0.15) is 34.7 Å². The smallest absolute Gasteiger partial charge is 0.261 e. The summed E-state index contributed by atoms with van der Waals surface area (Å²) in [4.78, 5) is 24.2. The van der Waals surface area contributed by atoms with Gasteiger partial charge in [0.1, 0.15) is 17.4 Å². The van der Waals surface area contributed by atoms with Crippen LogP contribution in [0.4, 0.5) is 11.4 Å². The second-order valence-corrected chi connectivity index (χ2v) is 5.72. The minimum atomic E-state index is -0.371. The molecule has 0 spiro atoms. The van der Waals surface area contributed by atoms with E-state index in [1.807, 2.05) is 0 Å². The van der Waals surface area contributed by atoms with E-state index in [0.717, 1.165) is 12.8 Å². The summed E-state index contributed by atoms with van der Waals surface area (Å²) in [5, 5.41) is 9.36. The predicted octanol–water partition coefficient (Wildman–Crippen LogP) is 2.66. The molecule has 1 aromatic carbocycles. The molecular formula is C17H19N3O4. The highest BCUT2D eigenvalue weighted by atomic mass is 16.5. The molecule has 2 amide bonds. The maximum absolute atomic E-state index is 12.3. The Balaban J connectivity index is 1.62. The number of rotatable bonds is 4. The average Bonchev–Trinajstić information content (AvgIpc) is 3.19. The second-order valence-electron chi connectivity index (χ2n) is 5.72. The summed E-state index contributed by atoms with van der Waals surface area (Å²) < 4.78 is 10.3. The molecule has 1 aliphatic rings. The van der Waals surface area contributed by atoms with Crippen LogP contribution in [-0.4, -0.2) is 29.7 Å². The lowest BCUT2D eigenvalue weighted by Gasteiger charge is -2.11. The highest BCUT2D eigenvalue weighted by Gasteiger charge is 2.23. The first-order valence-electron chi connectivity index (χ1n) is 7.81. The lowest BCUT2D eigenvalue weighted by atomic mass is 10.2. The van der Waals surface area contributed by atoms with Gasteiger partial charge in [0.2, 0.25) is 0 Å². The van der Waals surface area contributed by atoms with Crippen molar-refractivity contribution >= 4 is 23.2 Å². The number of nitrogens with one attached hydrogen (secondary N) is 2. The SMILES string of the molecule is Cc1noc(C)c1C(=O)Nc1ccc(NC(=O)C2CCCO2)cc1. The van der Waals surface area contributed by atoms with E-state index in [2.05, 4.69) is 15.8 Å². The third-order valence-electron chi connectivity index (χ3n) is 3.89. The van der Waals surface area contributed by atoms with Gasteiger partial charge in [0.15, 0.2) is 0 Å². The molecule has 7 nitrogen and oxygen atoms in total. The van der Waals surface area contributed by atoms with Crippen molar-refractivity contribution in [1.29, 1.82) is 0 Å². The zero-order valence-electron chi connectivity index (χ0n) is 13.6. The zero-order chi connectivity index (χ0) is 17.1. The van der Waals surface area contributed by atoms with Crippen molar-refractivity contribution in [2.24, 2.45) is 0 Å². The molecule has 3 rings (SSSR count). The Hall–Kier alpha value is -2.67. The van der Waals surface area contributed by atoms with Crippen LogP contribution in [0.3, 0.4) is 0 Å². The molecule has 1 aromatic heterocycles. The van der Waals surface area contributed by atoms with E-state index in [0.29, 0.717) is 35.0 Å². The Labute approximate surface area is 139 Å². The molecule has 2 aromatic rings. The standard InChI is InChI=1S/C17H19N3O4/c1-10-15(11(2)24-20-10)17(22)19-13-7-5-12(6-8-13)18-16(21)14-4-3-9-23-14/h5-8,14H,3-4,9H2,1-2H3,(H,18,21)(H,19,22). The molecular weight excluding hydrogens is 310 g/mol. The van der Waals surface area contributed by atoms with E-state index in [9.17, 15) is 9.59 Å². The van der Waals surface area contributed by atoms with Gasteiger partial charge in [-0.25, -0.2) is 0 Å². The van der Waals surface area contributed by atoms with Crippen molar-refractivity contribution in [3.8, 4) is 0 Å². The first-order chi connectivity index (χ1) is 11.5. The van der Waals surface area contributed by atoms with E-state index in [1.54, 1.807) is 38.1 Å². The summed E-state index contributed by atoms with van der Waals surface area (Å²) in [7, 11) is 0. The van der Waals surface area contributed by atoms with Crippen molar-refractivity contribution < 1.29 is 18.8 Å². The van der Waals surface area contributed by atoms with Gasteiger partial charge in [-0.1, -0.05) is 5.16 Å². The number of aryl methyl sites for hydroxylation is 2. The molecule has 0 radical (unpaired) electrons. The van der Waals surface area contributed by atoms with Gasteiger partial charge in [-0.05, 0) is 51.0 Å². The van der Waals surface area contributed by atoms with Crippen LogP contribution in [0, 0.1) is 13.8 Å². The van der Waals surface area contributed by atoms with Gasteiger partial charge in [-0.15, -0.1) is 0 Å². The van der Waals surface area contributed by atoms with Gasteiger partial charge >= 0.3 is 0 Å². The Morgan fingerprint density at radius 1 is 1.12 bits per heavy atom. The van der Waals surface area contributed by atoms with Gasteiger partial charge in [0.25, 0.3) is 11.8 Å². The lowest BCUT2D eigenvalue weighted by molar-refractivity contribution is -0.124. The molecule has 24 heavy (non-hydrogen) atoms. The number of benzene rings is 1. The van der Waals surface area contributed by atoms with Crippen LogP contribution in [0.2, 0.25) is 0 Å². The molecule has 2 heterocycles. The zero-order valence-corrected chi connectivity index (χ0v) is 13.6. The molecule has 1 atom stereocenters. The van der Waals surface area contributed by atoms with Gasteiger partial charge in [0, 0.05) is 18.0 Å². The van der Waals surface area contributed by atoms with Crippen LogP contribution in [0.25, 0.3) is 0 Å². The van der Waals surface area contributed by atoms with E-state index in [4.69, 9.17) is 9.26 Å². The molecule has 1 saturated heterocycles. The highest BCUT2D eigenvalue weighted by molar-refractivity contribution is 6.05. The average molecular weight is 329 g/mol.